The lowest BCUT2D eigenvalue weighted by Crippen LogP contribution is -2.51. The Labute approximate surface area is 197 Å². The molecule has 1 aromatic carbocycles. The molecule has 1 N–H and O–H groups in total. The molecule has 3 unspecified atom stereocenters. The van der Waals surface area contributed by atoms with Crippen molar-refractivity contribution in [1.29, 1.82) is 0 Å². The number of likely N-dealkylation sites (tertiary alicyclic amines) is 1. The van der Waals surface area contributed by atoms with Gasteiger partial charge in [-0.15, -0.1) is 0 Å². The van der Waals surface area contributed by atoms with Crippen molar-refractivity contribution in [3.05, 3.63) is 30.2 Å². The van der Waals surface area contributed by atoms with Crippen molar-refractivity contribution in [1.82, 2.24) is 19.8 Å². The first-order valence-corrected chi connectivity index (χ1v) is 13.0. The van der Waals surface area contributed by atoms with E-state index in [2.05, 4.69) is 27.0 Å². The van der Waals surface area contributed by atoms with Crippen molar-refractivity contribution in [3.63, 3.8) is 0 Å². The summed E-state index contributed by atoms with van der Waals surface area (Å²) in [5.41, 5.74) is 2.14. The average Bonchev–Trinajstić information content (AvgIpc) is 3.45. The van der Waals surface area contributed by atoms with Crippen molar-refractivity contribution in [2.75, 3.05) is 27.3 Å². The molecule has 4 aliphatic heterocycles. The zero-order valence-electron chi connectivity index (χ0n) is 20.1. The van der Waals surface area contributed by atoms with Crippen LogP contribution in [0.3, 0.4) is 0 Å². The predicted octanol–water partition coefficient (Wildman–Crippen LogP) is 4.12. The number of hydrogen-bond donors (Lipinski definition) is 1. The molecule has 0 amide bonds. The van der Waals surface area contributed by atoms with Gasteiger partial charge in [0, 0.05) is 42.9 Å². The van der Waals surface area contributed by atoms with E-state index in [0.29, 0.717) is 0 Å². The number of rotatable bonds is 5. The smallest absolute Gasteiger partial charge is 0.161 e. The monoisotopic (exact) mass is 450 g/mol. The van der Waals surface area contributed by atoms with Gasteiger partial charge in [0.1, 0.15) is 5.82 Å². The Hall–Kier alpha value is -2.05. The normalized spacial score (nSPS) is 30.2. The van der Waals surface area contributed by atoms with Crippen molar-refractivity contribution >= 4 is 0 Å². The van der Waals surface area contributed by atoms with Gasteiger partial charge in [-0.05, 0) is 88.1 Å². The van der Waals surface area contributed by atoms with Gasteiger partial charge >= 0.3 is 0 Å². The first-order chi connectivity index (χ1) is 16.2. The molecule has 3 fully saturated rings. The number of methoxy groups -OCH3 is 2. The van der Waals surface area contributed by atoms with E-state index in [4.69, 9.17) is 14.5 Å². The third kappa shape index (κ3) is 4.17. The van der Waals surface area contributed by atoms with Crippen LogP contribution in [0, 0.1) is 11.8 Å². The predicted molar refractivity (Wildman–Crippen MR) is 130 cm³/mol. The lowest BCUT2D eigenvalue weighted by Gasteiger charge is -2.43. The van der Waals surface area contributed by atoms with Gasteiger partial charge in [0.15, 0.2) is 11.5 Å². The Morgan fingerprint density at radius 3 is 2.39 bits per heavy atom. The number of piperidine rings is 2. The minimum atomic E-state index is 0.757. The van der Waals surface area contributed by atoms with E-state index in [-0.39, 0.29) is 0 Å². The van der Waals surface area contributed by atoms with Crippen LogP contribution in [0.1, 0.15) is 50.8 Å². The van der Waals surface area contributed by atoms with Crippen LogP contribution in [0.4, 0.5) is 0 Å². The molecule has 3 saturated heterocycles. The van der Waals surface area contributed by atoms with Crippen LogP contribution in [0.15, 0.2) is 24.4 Å². The topological polar surface area (TPSA) is 51.5 Å². The first kappa shape index (κ1) is 21.5. The standard InChI is InChI=1S/C27H38N4O2/c1-32-25-7-3-19(13-26(25)33-2)24-17-31-16-20(4-8-27(31)29-24)18-9-11-30(12-10-18)23-14-21-5-6-22(15-23)28-21/h3,7,13,17-18,20-23,28H,4-6,8-12,14-16H2,1-2H3. The lowest BCUT2D eigenvalue weighted by atomic mass is 9.79. The number of benzene rings is 1. The average molecular weight is 451 g/mol. The Bertz CT molecular complexity index is 968. The molecule has 6 heteroatoms. The molecule has 33 heavy (non-hydrogen) atoms. The minimum Gasteiger partial charge on any atom is -0.493 e. The van der Waals surface area contributed by atoms with Crippen molar-refractivity contribution in [3.8, 4) is 22.8 Å². The summed E-state index contributed by atoms with van der Waals surface area (Å²) < 4.78 is 13.3. The molecule has 0 aliphatic carbocycles. The maximum Gasteiger partial charge on any atom is 0.161 e. The second kappa shape index (κ2) is 8.95. The fraction of sp³-hybridized carbons (Fsp3) is 0.667. The van der Waals surface area contributed by atoms with Crippen LogP contribution >= 0.6 is 0 Å². The molecule has 5 heterocycles. The summed E-state index contributed by atoms with van der Waals surface area (Å²) in [4.78, 5) is 7.81. The maximum absolute atomic E-state index is 5.50. The summed E-state index contributed by atoms with van der Waals surface area (Å²) >= 11 is 0. The zero-order valence-corrected chi connectivity index (χ0v) is 20.1. The Balaban J connectivity index is 1.09. The SMILES string of the molecule is COc1ccc(-c2cn3c(n2)CCC(C2CCN(C4CC5CCC(C4)N5)CC2)C3)cc1OC. The lowest BCUT2D eigenvalue weighted by molar-refractivity contribution is 0.0725. The molecular weight excluding hydrogens is 412 g/mol. The summed E-state index contributed by atoms with van der Waals surface area (Å²) in [6.07, 6.45) is 12.9. The highest BCUT2D eigenvalue weighted by Crippen LogP contribution is 2.37. The Kier molecular flexibility index (Phi) is 5.83. The largest absolute Gasteiger partial charge is 0.493 e. The molecule has 2 bridgehead atoms. The number of aryl methyl sites for hydroxylation is 1. The third-order valence-corrected chi connectivity index (χ3v) is 8.91. The molecule has 0 saturated carbocycles. The summed E-state index contributed by atoms with van der Waals surface area (Å²) in [6, 6.07) is 8.51. The van der Waals surface area contributed by atoms with Gasteiger partial charge in [-0.2, -0.15) is 0 Å². The van der Waals surface area contributed by atoms with Gasteiger partial charge in [0.05, 0.1) is 19.9 Å². The summed E-state index contributed by atoms with van der Waals surface area (Å²) in [6.45, 7) is 3.73. The van der Waals surface area contributed by atoms with Gasteiger partial charge in [0.2, 0.25) is 0 Å². The number of imidazole rings is 1. The highest BCUT2D eigenvalue weighted by Gasteiger charge is 2.38. The summed E-state index contributed by atoms with van der Waals surface area (Å²) in [5.74, 6) is 4.40. The Morgan fingerprint density at radius 2 is 1.67 bits per heavy atom. The third-order valence-electron chi connectivity index (χ3n) is 8.91. The first-order valence-electron chi connectivity index (χ1n) is 13.0. The number of nitrogens with zero attached hydrogens (tertiary/aromatic N) is 3. The number of fused-ring (bicyclic) bond motifs is 3. The van der Waals surface area contributed by atoms with Gasteiger partial charge < -0.3 is 24.3 Å². The second-order valence-electron chi connectivity index (χ2n) is 10.7. The molecule has 178 valence electrons. The molecule has 1 aromatic heterocycles. The van der Waals surface area contributed by atoms with E-state index in [0.717, 1.165) is 65.7 Å². The van der Waals surface area contributed by atoms with E-state index in [1.807, 2.05) is 12.1 Å². The molecule has 0 radical (unpaired) electrons. The van der Waals surface area contributed by atoms with E-state index in [1.165, 1.54) is 63.9 Å². The highest BCUT2D eigenvalue weighted by atomic mass is 16.5. The number of nitrogens with one attached hydrogen (secondary N) is 1. The molecule has 3 atom stereocenters. The van der Waals surface area contributed by atoms with Crippen LogP contribution in [0.2, 0.25) is 0 Å². The number of hydrogen-bond acceptors (Lipinski definition) is 5. The molecule has 6 rings (SSSR count). The van der Waals surface area contributed by atoms with Gasteiger partial charge in [-0.1, -0.05) is 0 Å². The van der Waals surface area contributed by atoms with Crippen LogP contribution in [-0.2, 0) is 13.0 Å². The van der Waals surface area contributed by atoms with E-state index in [9.17, 15) is 0 Å². The molecule has 0 spiro atoms. The van der Waals surface area contributed by atoms with Crippen LogP contribution < -0.4 is 14.8 Å². The van der Waals surface area contributed by atoms with E-state index >= 15 is 0 Å². The second-order valence-corrected chi connectivity index (χ2v) is 10.7. The van der Waals surface area contributed by atoms with Crippen molar-refractivity contribution in [2.45, 2.75) is 76.0 Å². The molecule has 6 nitrogen and oxygen atoms in total. The Morgan fingerprint density at radius 1 is 0.909 bits per heavy atom. The number of aromatic nitrogens is 2. The van der Waals surface area contributed by atoms with Gasteiger partial charge in [0.25, 0.3) is 0 Å². The molecular formula is C27H38N4O2. The molecule has 2 aromatic rings. The molecule has 4 aliphatic rings. The van der Waals surface area contributed by atoms with E-state index < -0.39 is 0 Å². The maximum atomic E-state index is 5.50. The van der Waals surface area contributed by atoms with Crippen LogP contribution in [-0.4, -0.2) is 59.9 Å². The fourth-order valence-corrected chi connectivity index (χ4v) is 7.07. The summed E-state index contributed by atoms with van der Waals surface area (Å²) in [5, 5.41) is 3.81. The fourth-order valence-electron chi connectivity index (χ4n) is 7.07. The van der Waals surface area contributed by atoms with Gasteiger partial charge in [-0.25, -0.2) is 4.98 Å². The van der Waals surface area contributed by atoms with Crippen LogP contribution in [0.5, 0.6) is 11.5 Å². The van der Waals surface area contributed by atoms with Crippen molar-refractivity contribution in [2.24, 2.45) is 11.8 Å². The summed E-state index contributed by atoms with van der Waals surface area (Å²) in [7, 11) is 3.36. The quantitative estimate of drug-likeness (QED) is 0.743. The minimum absolute atomic E-state index is 0.757. The van der Waals surface area contributed by atoms with Crippen molar-refractivity contribution < 1.29 is 9.47 Å². The zero-order chi connectivity index (χ0) is 22.4. The van der Waals surface area contributed by atoms with Gasteiger partial charge in [-0.3, -0.25) is 0 Å². The highest BCUT2D eigenvalue weighted by molar-refractivity contribution is 5.63. The van der Waals surface area contributed by atoms with E-state index in [1.54, 1.807) is 14.2 Å². The van der Waals surface area contributed by atoms with Crippen LogP contribution in [0.25, 0.3) is 11.3 Å². The number of ether oxygens (including phenoxy) is 2.